The smallest absolute Gasteiger partial charge is 0.340 e. The number of nitrogens with zero attached hydrogens (tertiary/aromatic N) is 4. The van der Waals surface area contributed by atoms with Crippen LogP contribution in [0.3, 0.4) is 0 Å². The van der Waals surface area contributed by atoms with Gasteiger partial charge in [0.05, 0.1) is 6.42 Å². The van der Waals surface area contributed by atoms with Gasteiger partial charge in [0, 0.05) is 31.4 Å². The molecule has 2 N–H and O–H groups in total. The molecule has 0 aromatic carbocycles. The molecule has 0 aliphatic carbocycles. The molecule has 1 aliphatic heterocycles. The summed E-state index contributed by atoms with van der Waals surface area (Å²) >= 11 is 0. The number of nitrogens with one attached hydrogen (secondary N) is 2. The summed E-state index contributed by atoms with van der Waals surface area (Å²) in [6.45, 7) is 1.35. The number of carbonyl (C=O) groups excluding carboxylic acids is 1. The Morgan fingerprint density at radius 2 is 2.00 bits per heavy atom. The minimum atomic E-state index is -0.285. The molecule has 8 heteroatoms. The van der Waals surface area contributed by atoms with Crippen LogP contribution in [0.4, 0.5) is 0 Å². The predicted octanol–water partition coefficient (Wildman–Crippen LogP) is -0.163. The number of carbonyl (C=O) groups is 1. The van der Waals surface area contributed by atoms with Crippen molar-refractivity contribution in [3.8, 4) is 0 Å². The van der Waals surface area contributed by atoms with E-state index in [2.05, 4.69) is 25.1 Å². The zero-order valence-corrected chi connectivity index (χ0v) is 11.5. The SMILES string of the molecule is O=C(Cc1cncnc1)N1CCC(c2n[nH]c(=O)[nH]2)CC1. The van der Waals surface area contributed by atoms with Crippen molar-refractivity contribution in [3.63, 3.8) is 0 Å². The lowest BCUT2D eigenvalue weighted by atomic mass is 9.96. The number of aromatic nitrogens is 5. The first-order chi connectivity index (χ1) is 10.2. The first kappa shape index (κ1) is 13.5. The van der Waals surface area contributed by atoms with Crippen molar-refractivity contribution in [1.29, 1.82) is 0 Å². The van der Waals surface area contributed by atoms with Gasteiger partial charge < -0.3 is 4.90 Å². The third-order valence-electron chi connectivity index (χ3n) is 3.72. The zero-order chi connectivity index (χ0) is 14.7. The second-order valence-corrected chi connectivity index (χ2v) is 5.14. The molecule has 3 heterocycles. The molecule has 1 saturated heterocycles. The van der Waals surface area contributed by atoms with Gasteiger partial charge in [-0.15, -0.1) is 0 Å². The lowest BCUT2D eigenvalue weighted by Gasteiger charge is -2.31. The fourth-order valence-corrected chi connectivity index (χ4v) is 2.59. The third kappa shape index (κ3) is 3.15. The van der Waals surface area contributed by atoms with Crippen LogP contribution in [0.25, 0.3) is 0 Å². The normalized spacial score (nSPS) is 16.1. The summed E-state index contributed by atoms with van der Waals surface area (Å²) in [5.74, 6) is 0.968. The third-order valence-corrected chi connectivity index (χ3v) is 3.72. The van der Waals surface area contributed by atoms with Gasteiger partial charge in [0.1, 0.15) is 12.2 Å². The maximum absolute atomic E-state index is 12.2. The maximum Gasteiger partial charge on any atom is 0.340 e. The number of rotatable bonds is 3. The number of H-pyrrole nitrogens is 2. The highest BCUT2D eigenvalue weighted by Gasteiger charge is 2.25. The Morgan fingerprint density at radius 1 is 1.29 bits per heavy atom. The number of likely N-dealkylation sites (tertiary alicyclic amines) is 1. The van der Waals surface area contributed by atoms with Crippen LogP contribution in [-0.4, -0.2) is 49.0 Å². The molecule has 3 rings (SSSR count). The summed E-state index contributed by atoms with van der Waals surface area (Å²) in [5, 5.41) is 6.34. The highest BCUT2D eigenvalue weighted by Crippen LogP contribution is 2.24. The van der Waals surface area contributed by atoms with Gasteiger partial charge >= 0.3 is 5.69 Å². The van der Waals surface area contributed by atoms with Crippen LogP contribution in [0.15, 0.2) is 23.5 Å². The molecule has 0 atom stereocenters. The highest BCUT2D eigenvalue weighted by atomic mass is 16.2. The molecule has 0 unspecified atom stereocenters. The molecule has 2 aromatic rings. The van der Waals surface area contributed by atoms with Gasteiger partial charge in [-0.25, -0.2) is 19.9 Å². The van der Waals surface area contributed by atoms with Crippen LogP contribution in [-0.2, 0) is 11.2 Å². The van der Waals surface area contributed by atoms with Crippen molar-refractivity contribution in [1.82, 2.24) is 30.0 Å². The van der Waals surface area contributed by atoms with Crippen molar-refractivity contribution < 1.29 is 4.79 Å². The number of hydrogen-bond donors (Lipinski definition) is 2. The lowest BCUT2D eigenvalue weighted by Crippen LogP contribution is -2.39. The van der Waals surface area contributed by atoms with Gasteiger partial charge in [0.2, 0.25) is 5.91 Å². The average Bonchev–Trinajstić information content (AvgIpc) is 2.95. The van der Waals surface area contributed by atoms with Gasteiger partial charge in [-0.2, -0.15) is 5.10 Å². The fraction of sp³-hybridized carbons (Fsp3) is 0.462. The zero-order valence-electron chi connectivity index (χ0n) is 11.5. The van der Waals surface area contributed by atoms with Crippen molar-refractivity contribution in [3.05, 3.63) is 40.6 Å². The van der Waals surface area contributed by atoms with Crippen LogP contribution in [0, 0.1) is 0 Å². The molecule has 1 fully saturated rings. The van der Waals surface area contributed by atoms with Crippen molar-refractivity contribution in [2.75, 3.05) is 13.1 Å². The van der Waals surface area contributed by atoms with Gasteiger partial charge in [-0.1, -0.05) is 0 Å². The monoisotopic (exact) mass is 288 g/mol. The number of aromatic amines is 2. The molecule has 0 bridgehead atoms. The van der Waals surface area contributed by atoms with E-state index in [0.717, 1.165) is 18.4 Å². The Labute approximate surface area is 120 Å². The molecule has 0 saturated carbocycles. The maximum atomic E-state index is 12.2. The van der Waals surface area contributed by atoms with Gasteiger partial charge in [-0.05, 0) is 18.4 Å². The van der Waals surface area contributed by atoms with E-state index in [-0.39, 0.29) is 17.5 Å². The van der Waals surface area contributed by atoms with E-state index in [1.165, 1.54) is 6.33 Å². The van der Waals surface area contributed by atoms with Crippen molar-refractivity contribution in [2.24, 2.45) is 0 Å². The Bertz CT molecular complexity index is 657. The molecule has 8 nitrogen and oxygen atoms in total. The van der Waals surface area contributed by atoms with Crippen LogP contribution >= 0.6 is 0 Å². The second-order valence-electron chi connectivity index (χ2n) is 5.14. The summed E-state index contributed by atoms with van der Waals surface area (Å²) < 4.78 is 0. The molecule has 0 spiro atoms. The summed E-state index contributed by atoms with van der Waals surface area (Å²) in [7, 11) is 0. The molecular weight excluding hydrogens is 272 g/mol. The van der Waals surface area contributed by atoms with E-state index in [1.807, 2.05) is 4.90 Å². The molecule has 1 aliphatic rings. The molecule has 0 radical (unpaired) electrons. The molecular formula is C13H16N6O2. The standard InChI is InChI=1S/C13H16N6O2/c20-11(5-9-6-14-8-15-7-9)19-3-1-10(2-4-19)12-16-13(21)18-17-12/h6-8,10H,1-5H2,(H2,16,17,18,21). The summed E-state index contributed by atoms with van der Waals surface area (Å²) in [6.07, 6.45) is 6.70. The van der Waals surface area contributed by atoms with E-state index >= 15 is 0 Å². The van der Waals surface area contributed by atoms with Crippen LogP contribution in [0.1, 0.15) is 30.1 Å². The first-order valence-electron chi connectivity index (χ1n) is 6.88. The molecule has 2 aromatic heterocycles. The van der Waals surface area contributed by atoms with Crippen LogP contribution < -0.4 is 5.69 Å². The van der Waals surface area contributed by atoms with Gasteiger partial charge in [0.15, 0.2) is 0 Å². The number of piperidine rings is 1. The topological polar surface area (TPSA) is 108 Å². The van der Waals surface area contributed by atoms with Gasteiger partial charge in [-0.3, -0.25) is 9.78 Å². The van der Waals surface area contributed by atoms with Crippen LogP contribution in [0.5, 0.6) is 0 Å². The highest BCUT2D eigenvalue weighted by molar-refractivity contribution is 5.78. The summed E-state index contributed by atoms with van der Waals surface area (Å²) in [5.41, 5.74) is 0.536. The van der Waals surface area contributed by atoms with Gasteiger partial charge in [0.25, 0.3) is 0 Å². The second kappa shape index (κ2) is 5.86. The lowest BCUT2D eigenvalue weighted by molar-refractivity contribution is -0.131. The fourth-order valence-electron chi connectivity index (χ4n) is 2.59. The minimum Gasteiger partial charge on any atom is -0.342 e. The number of amides is 1. The van der Waals surface area contributed by atoms with E-state index < -0.39 is 0 Å². The van der Waals surface area contributed by atoms with Crippen molar-refractivity contribution in [2.45, 2.75) is 25.2 Å². The van der Waals surface area contributed by atoms with E-state index in [9.17, 15) is 9.59 Å². The Balaban J connectivity index is 1.56. The Hall–Kier alpha value is -2.51. The Kier molecular flexibility index (Phi) is 3.76. The first-order valence-corrected chi connectivity index (χ1v) is 6.88. The summed E-state index contributed by atoms with van der Waals surface area (Å²) in [4.78, 5) is 35.6. The average molecular weight is 288 g/mol. The summed E-state index contributed by atoms with van der Waals surface area (Å²) in [6, 6.07) is 0. The van der Waals surface area contributed by atoms with Crippen molar-refractivity contribution >= 4 is 5.91 Å². The van der Waals surface area contributed by atoms with E-state index in [0.29, 0.717) is 25.3 Å². The molecule has 1 amide bonds. The minimum absolute atomic E-state index is 0.0822. The van der Waals surface area contributed by atoms with E-state index in [1.54, 1.807) is 12.4 Å². The van der Waals surface area contributed by atoms with Crippen LogP contribution in [0.2, 0.25) is 0 Å². The predicted molar refractivity (Wildman–Crippen MR) is 73.5 cm³/mol. The van der Waals surface area contributed by atoms with E-state index in [4.69, 9.17) is 0 Å². The number of hydrogen-bond acceptors (Lipinski definition) is 5. The quantitative estimate of drug-likeness (QED) is 0.815. The molecule has 21 heavy (non-hydrogen) atoms. The molecule has 110 valence electrons. The largest absolute Gasteiger partial charge is 0.342 e. The Morgan fingerprint density at radius 3 is 2.62 bits per heavy atom.